The molecule has 2 aromatic carbocycles. The maximum atomic E-state index is 12.6. The fourth-order valence-electron chi connectivity index (χ4n) is 3.90. The highest BCUT2D eigenvalue weighted by molar-refractivity contribution is 6.36. The summed E-state index contributed by atoms with van der Waals surface area (Å²) in [5, 5.41) is 1.18. The number of amides is 1. The van der Waals surface area contributed by atoms with Crippen LogP contribution >= 0.6 is 23.2 Å². The Morgan fingerprint density at radius 1 is 1.12 bits per heavy atom. The van der Waals surface area contributed by atoms with Crippen LogP contribution in [-0.4, -0.2) is 45.3 Å². The molecule has 0 radical (unpaired) electrons. The zero-order chi connectivity index (χ0) is 22.9. The number of fused-ring (bicyclic) bond motifs is 1. The van der Waals surface area contributed by atoms with Crippen molar-refractivity contribution < 1.29 is 14.3 Å². The lowest BCUT2D eigenvalue weighted by molar-refractivity contribution is 0.0183. The molecule has 6 nitrogen and oxygen atoms in total. The lowest BCUT2D eigenvalue weighted by Crippen LogP contribution is -2.42. The van der Waals surface area contributed by atoms with E-state index in [4.69, 9.17) is 32.7 Å². The van der Waals surface area contributed by atoms with E-state index < -0.39 is 5.60 Å². The fourth-order valence-corrected chi connectivity index (χ4v) is 4.42. The van der Waals surface area contributed by atoms with E-state index in [0.717, 1.165) is 29.4 Å². The maximum absolute atomic E-state index is 12.6. The van der Waals surface area contributed by atoms with Crippen molar-refractivity contribution in [1.82, 2.24) is 14.5 Å². The summed E-state index contributed by atoms with van der Waals surface area (Å²) >= 11 is 12.8. The molecule has 3 aromatic rings. The third-order valence-electron chi connectivity index (χ3n) is 5.41. The number of rotatable bonds is 5. The number of aromatic nitrogens is 2. The molecule has 1 atom stereocenters. The number of nitrogens with zero attached hydrogens (tertiary/aromatic N) is 3. The number of benzene rings is 2. The van der Waals surface area contributed by atoms with Gasteiger partial charge in [0.15, 0.2) is 0 Å². The lowest BCUT2D eigenvalue weighted by Gasteiger charge is -2.28. The molecule has 0 bridgehead atoms. The van der Waals surface area contributed by atoms with Gasteiger partial charge in [-0.15, -0.1) is 0 Å². The highest BCUT2D eigenvalue weighted by Crippen LogP contribution is 2.30. The SMILES string of the molecule is CC(C)(C)OC(=O)N1CCC[C@H]1COc1nc2ccccc2n1Cc1c(Cl)cccc1Cl. The van der Waals surface area contributed by atoms with Gasteiger partial charge in [-0.3, -0.25) is 4.57 Å². The number of imidazole rings is 1. The van der Waals surface area contributed by atoms with Crippen molar-refractivity contribution in [3.05, 3.63) is 58.1 Å². The second-order valence-electron chi connectivity index (χ2n) is 8.95. The van der Waals surface area contributed by atoms with E-state index in [1.807, 2.05) is 67.8 Å². The van der Waals surface area contributed by atoms with Crippen LogP contribution < -0.4 is 4.74 Å². The molecule has 4 rings (SSSR count). The molecular formula is C24H27Cl2N3O3. The number of hydrogen-bond donors (Lipinski definition) is 0. The van der Waals surface area contributed by atoms with Gasteiger partial charge in [0.05, 0.1) is 23.6 Å². The summed E-state index contributed by atoms with van der Waals surface area (Å²) in [5.41, 5.74) is 2.02. The number of ether oxygens (including phenoxy) is 2. The molecule has 1 aromatic heterocycles. The van der Waals surface area contributed by atoms with E-state index in [9.17, 15) is 4.79 Å². The summed E-state index contributed by atoms with van der Waals surface area (Å²) in [4.78, 5) is 19.0. The van der Waals surface area contributed by atoms with Crippen molar-refractivity contribution in [3.63, 3.8) is 0 Å². The normalized spacial score (nSPS) is 16.5. The Kier molecular flexibility index (Phi) is 6.54. The zero-order valence-corrected chi connectivity index (χ0v) is 20.0. The van der Waals surface area contributed by atoms with E-state index in [-0.39, 0.29) is 12.1 Å². The molecule has 1 aliphatic rings. The number of hydrogen-bond acceptors (Lipinski definition) is 4. The van der Waals surface area contributed by atoms with Gasteiger partial charge in [0.1, 0.15) is 12.2 Å². The molecule has 0 unspecified atom stereocenters. The van der Waals surface area contributed by atoms with Gasteiger partial charge < -0.3 is 14.4 Å². The molecule has 1 amide bonds. The Morgan fingerprint density at radius 3 is 2.56 bits per heavy atom. The van der Waals surface area contributed by atoms with Crippen LogP contribution in [0.5, 0.6) is 6.01 Å². The third kappa shape index (κ3) is 4.97. The van der Waals surface area contributed by atoms with Gasteiger partial charge in [-0.05, 0) is 57.9 Å². The molecule has 0 N–H and O–H groups in total. The first-order valence-corrected chi connectivity index (χ1v) is 11.5. The van der Waals surface area contributed by atoms with Crippen LogP contribution in [0.25, 0.3) is 11.0 Å². The van der Waals surface area contributed by atoms with Crippen molar-refractivity contribution in [3.8, 4) is 6.01 Å². The molecule has 1 saturated heterocycles. The Balaban J connectivity index is 1.57. The number of carbonyl (C=O) groups excluding carboxylic acids is 1. The summed E-state index contributed by atoms with van der Waals surface area (Å²) in [6.45, 7) is 7.03. The first-order chi connectivity index (χ1) is 15.2. The molecule has 0 saturated carbocycles. The van der Waals surface area contributed by atoms with Crippen LogP contribution in [0, 0.1) is 0 Å². The van der Waals surface area contributed by atoms with Crippen molar-refractivity contribution in [2.75, 3.05) is 13.2 Å². The molecule has 1 aliphatic heterocycles. The molecule has 2 heterocycles. The quantitative estimate of drug-likeness (QED) is 0.442. The van der Waals surface area contributed by atoms with E-state index in [2.05, 4.69) is 4.98 Å². The summed E-state index contributed by atoms with van der Waals surface area (Å²) in [7, 11) is 0. The predicted molar refractivity (Wildman–Crippen MR) is 127 cm³/mol. The van der Waals surface area contributed by atoms with Gasteiger partial charge in [-0.25, -0.2) is 4.79 Å². The van der Waals surface area contributed by atoms with E-state index in [1.165, 1.54) is 0 Å². The first-order valence-electron chi connectivity index (χ1n) is 10.7. The van der Waals surface area contributed by atoms with Crippen molar-refractivity contribution >= 4 is 40.3 Å². The highest BCUT2D eigenvalue weighted by Gasteiger charge is 2.33. The molecule has 32 heavy (non-hydrogen) atoms. The van der Waals surface area contributed by atoms with Gasteiger partial charge in [0, 0.05) is 22.2 Å². The van der Waals surface area contributed by atoms with E-state index >= 15 is 0 Å². The van der Waals surface area contributed by atoms with Gasteiger partial charge in [-0.1, -0.05) is 41.4 Å². The van der Waals surface area contributed by atoms with Gasteiger partial charge >= 0.3 is 6.09 Å². The Hall–Kier alpha value is -2.44. The number of para-hydroxylation sites is 2. The Morgan fingerprint density at radius 2 is 1.84 bits per heavy atom. The Labute approximate surface area is 198 Å². The minimum Gasteiger partial charge on any atom is -0.462 e. The monoisotopic (exact) mass is 475 g/mol. The minimum atomic E-state index is -0.534. The minimum absolute atomic E-state index is 0.0676. The van der Waals surface area contributed by atoms with E-state index in [1.54, 1.807) is 4.90 Å². The van der Waals surface area contributed by atoms with Gasteiger partial charge in [0.2, 0.25) is 0 Å². The summed E-state index contributed by atoms with van der Waals surface area (Å²) in [5.74, 6) is 0. The van der Waals surface area contributed by atoms with Crippen LogP contribution in [0.2, 0.25) is 10.0 Å². The summed E-state index contributed by atoms with van der Waals surface area (Å²) < 4.78 is 13.7. The standard InChI is InChI=1S/C24H27Cl2N3O3/c1-24(2,3)32-23(30)28-13-7-8-16(28)15-31-22-27-20-11-4-5-12-21(20)29(22)14-17-18(25)9-6-10-19(17)26/h4-6,9-12,16H,7-8,13-15H2,1-3H3/t16-/m0/s1. The molecule has 1 fully saturated rings. The van der Waals surface area contributed by atoms with Crippen molar-refractivity contribution in [2.24, 2.45) is 0 Å². The van der Waals surface area contributed by atoms with E-state index in [0.29, 0.717) is 35.8 Å². The lowest BCUT2D eigenvalue weighted by atomic mass is 10.2. The van der Waals surface area contributed by atoms with Crippen LogP contribution in [0.1, 0.15) is 39.2 Å². The van der Waals surface area contributed by atoms with Crippen LogP contribution in [-0.2, 0) is 11.3 Å². The predicted octanol–water partition coefficient (Wildman–Crippen LogP) is 6.17. The van der Waals surface area contributed by atoms with Crippen LogP contribution in [0.15, 0.2) is 42.5 Å². The average molecular weight is 476 g/mol. The molecular weight excluding hydrogens is 449 g/mol. The largest absolute Gasteiger partial charge is 0.462 e. The van der Waals surface area contributed by atoms with Crippen LogP contribution in [0.4, 0.5) is 4.79 Å². The topological polar surface area (TPSA) is 56.6 Å². The Bertz CT molecular complexity index is 1100. The van der Waals surface area contributed by atoms with Crippen molar-refractivity contribution in [1.29, 1.82) is 0 Å². The number of likely N-dealkylation sites (tertiary alicyclic amines) is 1. The third-order valence-corrected chi connectivity index (χ3v) is 6.12. The van der Waals surface area contributed by atoms with Crippen molar-refractivity contribution in [2.45, 2.75) is 51.8 Å². The van der Waals surface area contributed by atoms with Gasteiger partial charge in [0.25, 0.3) is 6.01 Å². The highest BCUT2D eigenvalue weighted by atomic mass is 35.5. The fraction of sp³-hybridized carbons (Fsp3) is 0.417. The second kappa shape index (κ2) is 9.20. The first kappa shape index (κ1) is 22.7. The molecule has 0 aliphatic carbocycles. The maximum Gasteiger partial charge on any atom is 0.410 e. The average Bonchev–Trinajstić information content (AvgIpc) is 3.32. The molecule has 8 heteroatoms. The molecule has 0 spiro atoms. The summed E-state index contributed by atoms with van der Waals surface area (Å²) in [6, 6.07) is 13.7. The summed E-state index contributed by atoms with van der Waals surface area (Å²) in [6.07, 6.45) is 1.47. The van der Waals surface area contributed by atoms with Crippen LogP contribution in [0.3, 0.4) is 0 Å². The van der Waals surface area contributed by atoms with Gasteiger partial charge in [-0.2, -0.15) is 4.98 Å². The number of halogens is 2. The smallest absolute Gasteiger partial charge is 0.410 e. The second-order valence-corrected chi connectivity index (χ2v) is 9.76. The molecule has 170 valence electrons. The zero-order valence-electron chi connectivity index (χ0n) is 18.5. The number of carbonyl (C=O) groups is 1.